The van der Waals surface area contributed by atoms with Gasteiger partial charge in [0.1, 0.15) is 11.3 Å². The summed E-state index contributed by atoms with van der Waals surface area (Å²) in [5.41, 5.74) is 2.87. The summed E-state index contributed by atoms with van der Waals surface area (Å²) in [6, 6.07) is 9.09. The minimum absolute atomic E-state index is 0.226. The second-order valence-corrected chi connectivity index (χ2v) is 8.04. The number of anilines is 1. The molecule has 0 saturated carbocycles. The van der Waals surface area contributed by atoms with Gasteiger partial charge in [-0.3, -0.25) is 19.4 Å². The zero-order chi connectivity index (χ0) is 21.3. The number of carbonyl (C=O) groups excluding carboxylic acids is 1. The number of amides is 1. The zero-order valence-corrected chi connectivity index (χ0v) is 18.4. The van der Waals surface area contributed by atoms with Crippen LogP contribution in [0.15, 0.2) is 42.7 Å². The van der Waals surface area contributed by atoms with Gasteiger partial charge in [0.25, 0.3) is 5.91 Å². The van der Waals surface area contributed by atoms with Crippen molar-refractivity contribution in [3.05, 3.63) is 64.7 Å². The summed E-state index contributed by atoms with van der Waals surface area (Å²) in [6.07, 6.45) is 3.40. The first-order valence-electron chi connectivity index (χ1n) is 9.40. The summed E-state index contributed by atoms with van der Waals surface area (Å²) >= 11 is 7.74. The third-order valence-corrected chi connectivity index (χ3v) is 6.27. The van der Waals surface area contributed by atoms with Crippen molar-refractivity contribution < 1.29 is 9.53 Å². The second-order valence-electron chi connectivity index (χ2n) is 6.66. The third-order valence-electron chi connectivity index (χ3n) is 4.73. The van der Waals surface area contributed by atoms with E-state index >= 15 is 0 Å². The molecule has 0 atom stereocenters. The molecule has 30 heavy (non-hydrogen) atoms. The van der Waals surface area contributed by atoms with Gasteiger partial charge in [-0.05, 0) is 49.7 Å². The molecule has 3 aromatic heterocycles. The topological polar surface area (TPSA) is 73.1 Å². The van der Waals surface area contributed by atoms with Gasteiger partial charge in [0, 0.05) is 24.6 Å². The van der Waals surface area contributed by atoms with E-state index in [4.69, 9.17) is 21.3 Å². The van der Waals surface area contributed by atoms with Gasteiger partial charge in [0.05, 0.1) is 23.4 Å². The number of nitrogens with zero attached hydrogens (tertiary/aromatic N) is 5. The molecule has 0 bridgehead atoms. The van der Waals surface area contributed by atoms with Crippen molar-refractivity contribution in [3.8, 4) is 5.75 Å². The number of hydrogen-bond donors (Lipinski definition) is 0. The van der Waals surface area contributed by atoms with Gasteiger partial charge in [-0.15, -0.1) is 0 Å². The van der Waals surface area contributed by atoms with Gasteiger partial charge in [0.2, 0.25) is 0 Å². The second kappa shape index (κ2) is 8.41. The summed E-state index contributed by atoms with van der Waals surface area (Å²) in [5, 5.41) is 5.56. The fraction of sp³-hybridized carbons (Fsp3) is 0.238. The molecular weight excluding hydrogens is 422 g/mol. The lowest BCUT2D eigenvalue weighted by molar-refractivity contribution is 0.0979. The molecule has 7 nitrogen and oxygen atoms in total. The number of rotatable bonds is 6. The average Bonchev–Trinajstić information content (AvgIpc) is 3.37. The molecule has 0 aliphatic heterocycles. The van der Waals surface area contributed by atoms with E-state index in [1.54, 1.807) is 47.3 Å². The minimum atomic E-state index is -0.226. The van der Waals surface area contributed by atoms with Crippen molar-refractivity contribution in [1.29, 1.82) is 0 Å². The quantitative estimate of drug-likeness (QED) is 0.432. The molecule has 0 radical (unpaired) electrons. The Morgan fingerprint density at radius 3 is 2.70 bits per heavy atom. The van der Waals surface area contributed by atoms with E-state index in [0.717, 1.165) is 16.0 Å². The van der Waals surface area contributed by atoms with Crippen LogP contribution in [0.2, 0.25) is 5.02 Å². The maximum absolute atomic E-state index is 13.5. The number of ether oxygens (including phenoxy) is 1. The van der Waals surface area contributed by atoms with Crippen molar-refractivity contribution in [2.24, 2.45) is 0 Å². The molecule has 0 unspecified atom stereocenters. The maximum Gasteiger partial charge on any atom is 0.280 e. The Kier molecular flexibility index (Phi) is 5.69. The molecule has 4 aromatic rings. The van der Waals surface area contributed by atoms with Crippen LogP contribution in [0.3, 0.4) is 0 Å². The van der Waals surface area contributed by atoms with Crippen molar-refractivity contribution in [2.45, 2.75) is 26.9 Å². The van der Waals surface area contributed by atoms with Crippen molar-refractivity contribution >= 4 is 44.2 Å². The fourth-order valence-electron chi connectivity index (χ4n) is 3.19. The number of fused-ring (bicyclic) bond motifs is 1. The van der Waals surface area contributed by atoms with E-state index in [9.17, 15) is 4.79 Å². The van der Waals surface area contributed by atoms with E-state index in [-0.39, 0.29) is 5.91 Å². The van der Waals surface area contributed by atoms with Crippen molar-refractivity contribution in [3.63, 3.8) is 0 Å². The molecule has 3 heterocycles. The van der Waals surface area contributed by atoms with Crippen LogP contribution < -0.4 is 9.64 Å². The first-order chi connectivity index (χ1) is 14.5. The van der Waals surface area contributed by atoms with Crippen LogP contribution >= 0.6 is 22.9 Å². The summed E-state index contributed by atoms with van der Waals surface area (Å²) in [4.78, 5) is 23.9. The van der Waals surface area contributed by atoms with Gasteiger partial charge >= 0.3 is 0 Å². The van der Waals surface area contributed by atoms with Gasteiger partial charge in [-0.25, -0.2) is 4.98 Å². The molecule has 0 aliphatic carbocycles. The van der Waals surface area contributed by atoms with E-state index in [0.29, 0.717) is 40.2 Å². The fourth-order valence-corrected chi connectivity index (χ4v) is 4.45. The van der Waals surface area contributed by atoms with Crippen LogP contribution in [0.5, 0.6) is 5.75 Å². The largest absolute Gasteiger partial charge is 0.494 e. The van der Waals surface area contributed by atoms with Gasteiger partial charge in [0.15, 0.2) is 10.8 Å². The Balaban J connectivity index is 1.81. The minimum Gasteiger partial charge on any atom is -0.494 e. The highest BCUT2D eigenvalue weighted by Crippen LogP contribution is 2.39. The van der Waals surface area contributed by atoms with Crippen LogP contribution in [-0.4, -0.2) is 32.8 Å². The molecule has 0 aliphatic rings. The molecule has 1 amide bonds. The Morgan fingerprint density at radius 1 is 1.27 bits per heavy atom. The SMILES string of the molecule is CCn1nc(C(=O)N(Cc2ccncc2)c2nc3c(OC)ccc(Cl)c3s2)cc1C. The summed E-state index contributed by atoms with van der Waals surface area (Å²) in [6.45, 7) is 4.95. The molecule has 0 saturated heterocycles. The average molecular weight is 442 g/mol. The number of carbonyl (C=O) groups is 1. The standard InChI is InChI=1S/C21H20ClN5O2S/c1-4-27-13(2)11-16(25-27)20(28)26(12-14-7-9-23-10-8-14)21-24-18-17(29-3)6-5-15(22)19(18)30-21/h5-11H,4,12H2,1-3H3. The van der Waals surface area contributed by atoms with Gasteiger partial charge in [-0.2, -0.15) is 5.10 Å². The highest BCUT2D eigenvalue weighted by molar-refractivity contribution is 7.23. The van der Waals surface area contributed by atoms with Crippen LogP contribution in [0.4, 0.5) is 5.13 Å². The highest BCUT2D eigenvalue weighted by atomic mass is 35.5. The lowest BCUT2D eigenvalue weighted by Gasteiger charge is -2.18. The molecule has 4 rings (SSSR count). The molecule has 0 spiro atoms. The van der Waals surface area contributed by atoms with Crippen LogP contribution in [-0.2, 0) is 13.1 Å². The van der Waals surface area contributed by atoms with E-state index in [2.05, 4.69) is 10.1 Å². The molecule has 154 valence electrons. The zero-order valence-electron chi connectivity index (χ0n) is 16.8. The van der Waals surface area contributed by atoms with E-state index < -0.39 is 0 Å². The normalized spacial score (nSPS) is 11.1. The highest BCUT2D eigenvalue weighted by Gasteiger charge is 2.25. The predicted octanol–water partition coefficient (Wildman–Crippen LogP) is 4.73. The molecular formula is C21H20ClN5O2S. The third kappa shape index (κ3) is 3.76. The number of thiazole rings is 1. The number of halogens is 1. The summed E-state index contributed by atoms with van der Waals surface area (Å²) in [5.74, 6) is 0.385. The lowest BCUT2D eigenvalue weighted by Crippen LogP contribution is -2.30. The molecule has 1 aromatic carbocycles. The summed E-state index contributed by atoms with van der Waals surface area (Å²) < 4.78 is 8.00. The molecule has 0 fully saturated rings. The smallest absolute Gasteiger partial charge is 0.280 e. The van der Waals surface area contributed by atoms with Crippen LogP contribution in [0.1, 0.15) is 28.7 Å². The van der Waals surface area contributed by atoms with Gasteiger partial charge in [-0.1, -0.05) is 22.9 Å². The van der Waals surface area contributed by atoms with E-state index in [1.165, 1.54) is 11.3 Å². The molecule has 9 heteroatoms. The van der Waals surface area contributed by atoms with Crippen LogP contribution in [0, 0.1) is 6.92 Å². The maximum atomic E-state index is 13.5. The van der Waals surface area contributed by atoms with Crippen molar-refractivity contribution in [1.82, 2.24) is 19.7 Å². The number of hydrogen-bond acceptors (Lipinski definition) is 6. The summed E-state index contributed by atoms with van der Waals surface area (Å²) in [7, 11) is 1.59. The number of methoxy groups -OCH3 is 1. The number of aryl methyl sites for hydroxylation is 2. The Bertz CT molecular complexity index is 1210. The number of aromatic nitrogens is 4. The predicted molar refractivity (Wildman–Crippen MR) is 119 cm³/mol. The first-order valence-corrected chi connectivity index (χ1v) is 10.6. The monoisotopic (exact) mass is 441 g/mol. The Labute approximate surface area is 182 Å². The van der Waals surface area contributed by atoms with Crippen LogP contribution in [0.25, 0.3) is 10.2 Å². The van der Waals surface area contributed by atoms with Crippen molar-refractivity contribution in [2.75, 3.05) is 12.0 Å². The molecule has 0 N–H and O–H groups in total. The Hall–Kier alpha value is -2.97. The van der Waals surface area contributed by atoms with E-state index in [1.807, 2.05) is 26.0 Å². The number of pyridine rings is 1. The Morgan fingerprint density at radius 2 is 2.03 bits per heavy atom. The van der Waals surface area contributed by atoms with Gasteiger partial charge < -0.3 is 4.74 Å². The first kappa shape index (κ1) is 20.3. The number of benzene rings is 1. The lowest BCUT2D eigenvalue weighted by atomic mass is 10.2.